The number of ether oxygens (including phenoxy) is 2. The SMILES string of the molecule is COCCCOc1cc[n+]([O-])c(C)c1. The summed E-state index contributed by atoms with van der Waals surface area (Å²) in [6.07, 6.45) is 2.29. The third kappa shape index (κ3) is 3.22. The molecule has 1 heterocycles. The summed E-state index contributed by atoms with van der Waals surface area (Å²) in [5, 5.41) is 11.0. The molecule has 1 aromatic rings. The summed E-state index contributed by atoms with van der Waals surface area (Å²) in [5.74, 6) is 0.728. The summed E-state index contributed by atoms with van der Waals surface area (Å²) in [6.45, 7) is 3.04. The van der Waals surface area contributed by atoms with Gasteiger partial charge in [-0.05, 0) is 0 Å². The van der Waals surface area contributed by atoms with Gasteiger partial charge in [0.1, 0.15) is 5.75 Å². The molecule has 1 aromatic heterocycles. The smallest absolute Gasteiger partial charge is 0.193 e. The van der Waals surface area contributed by atoms with Crippen LogP contribution in [0.5, 0.6) is 5.75 Å². The second kappa shape index (κ2) is 5.44. The van der Waals surface area contributed by atoms with E-state index in [0.29, 0.717) is 18.9 Å². The van der Waals surface area contributed by atoms with E-state index in [2.05, 4.69) is 0 Å². The second-order valence-electron chi connectivity index (χ2n) is 3.02. The molecule has 0 saturated heterocycles. The van der Waals surface area contributed by atoms with Crippen molar-refractivity contribution in [2.45, 2.75) is 13.3 Å². The summed E-state index contributed by atoms with van der Waals surface area (Å²) in [4.78, 5) is 0. The number of rotatable bonds is 5. The van der Waals surface area contributed by atoms with Crippen LogP contribution in [-0.4, -0.2) is 20.3 Å². The molecule has 0 aliphatic heterocycles. The van der Waals surface area contributed by atoms with Gasteiger partial charge in [0.2, 0.25) is 0 Å². The Morgan fingerprint density at radius 2 is 2.21 bits per heavy atom. The van der Waals surface area contributed by atoms with Gasteiger partial charge in [-0.1, -0.05) is 0 Å². The van der Waals surface area contributed by atoms with Gasteiger partial charge in [0.25, 0.3) is 0 Å². The quantitative estimate of drug-likeness (QED) is 0.402. The maximum absolute atomic E-state index is 11.0. The average Bonchev–Trinajstić information content (AvgIpc) is 2.18. The predicted octanol–water partition coefficient (Wildman–Crippen LogP) is 1.04. The van der Waals surface area contributed by atoms with Crippen molar-refractivity contribution in [3.05, 3.63) is 29.2 Å². The fraction of sp³-hybridized carbons (Fsp3) is 0.500. The molecule has 4 nitrogen and oxygen atoms in total. The molecule has 0 unspecified atom stereocenters. The zero-order valence-corrected chi connectivity index (χ0v) is 8.53. The number of aromatic nitrogens is 1. The lowest BCUT2D eigenvalue weighted by atomic mass is 10.3. The molecule has 0 radical (unpaired) electrons. The van der Waals surface area contributed by atoms with Gasteiger partial charge in [-0.2, -0.15) is 4.73 Å². The highest BCUT2D eigenvalue weighted by atomic mass is 16.5. The summed E-state index contributed by atoms with van der Waals surface area (Å²) >= 11 is 0. The van der Waals surface area contributed by atoms with Crippen molar-refractivity contribution in [1.82, 2.24) is 0 Å². The Bertz CT molecular complexity index is 289. The van der Waals surface area contributed by atoms with Gasteiger partial charge >= 0.3 is 0 Å². The van der Waals surface area contributed by atoms with Crippen LogP contribution >= 0.6 is 0 Å². The number of methoxy groups -OCH3 is 1. The van der Waals surface area contributed by atoms with E-state index in [1.165, 1.54) is 6.20 Å². The number of hydrogen-bond acceptors (Lipinski definition) is 3. The Hall–Kier alpha value is -1.29. The first-order valence-corrected chi connectivity index (χ1v) is 4.55. The van der Waals surface area contributed by atoms with Gasteiger partial charge < -0.3 is 14.7 Å². The van der Waals surface area contributed by atoms with E-state index >= 15 is 0 Å². The lowest BCUT2D eigenvalue weighted by Gasteiger charge is -2.06. The van der Waals surface area contributed by atoms with Crippen LogP contribution in [0.2, 0.25) is 0 Å². The lowest BCUT2D eigenvalue weighted by Crippen LogP contribution is -2.28. The minimum atomic E-state index is 0.607. The predicted molar refractivity (Wildman–Crippen MR) is 52.1 cm³/mol. The van der Waals surface area contributed by atoms with Gasteiger partial charge in [-0.25, -0.2) is 0 Å². The maximum atomic E-state index is 11.0. The molecule has 0 aromatic carbocycles. The molecule has 0 saturated carbocycles. The normalized spacial score (nSPS) is 10.1. The van der Waals surface area contributed by atoms with Crippen LogP contribution in [0, 0.1) is 12.1 Å². The van der Waals surface area contributed by atoms with Crippen molar-refractivity contribution in [2.75, 3.05) is 20.3 Å². The first-order chi connectivity index (χ1) is 6.74. The van der Waals surface area contributed by atoms with Gasteiger partial charge in [-0.15, -0.1) is 0 Å². The molecule has 4 heteroatoms. The molecule has 0 fully saturated rings. The van der Waals surface area contributed by atoms with Crippen LogP contribution in [0.3, 0.4) is 0 Å². The number of nitrogens with zero attached hydrogens (tertiary/aromatic N) is 1. The molecular formula is C10H15NO3. The highest BCUT2D eigenvalue weighted by molar-refractivity contribution is 5.18. The van der Waals surface area contributed by atoms with Crippen LogP contribution in [-0.2, 0) is 4.74 Å². The monoisotopic (exact) mass is 197 g/mol. The van der Waals surface area contributed by atoms with E-state index < -0.39 is 0 Å². The fourth-order valence-corrected chi connectivity index (χ4v) is 1.06. The van der Waals surface area contributed by atoms with Crippen molar-refractivity contribution >= 4 is 0 Å². The van der Waals surface area contributed by atoms with Crippen LogP contribution in [0.1, 0.15) is 12.1 Å². The summed E-state index contributed by atoms with van der Waals surface area (Å²) in [5.41, 5.74) is 0.634. The van der Waals surface area contributed by atoms with Crippen molar-refractivity contribution in [3.63, 3.8) is 0 Å². The van der Waals surface area contributed by atoms with E-state index in [1.807, 2.05) is 0 Å². The maximum Gasteiger partial charge on any atom is 0.193 e. The van der Waals surface area contributed by atoms with E-state index in [4.69, 9.17) is 9.47 Å². The first kappa shape index (κ1) is 10.8. The highest BCUT2D eigenvalue weighted by Crippen LogP contribution is 2.09. The molecule has 0 aliphatic rings. The van der Waals surface area contributed by atoms with E-state index in [9.17, 15) is 5.21 Å². The van der Waals surface area contributed by atoms with Crippen molar-refractivity contribution in [2.24, 2.45) is 0 Å². The topological polar surface area (TPSA) is 45.4 Å². The molecule has 0 amide bonds. The van der Waals surface area contributed by atoms with Gasteiger partial charge in [0, 0.05) is 39.2 Å². The van der Waals surface area contributed by atoms with Crippen molar-refractivity contribution in [1.29, 1.82) is 0 Å². The molecule has 0 N–H and O–H groups in total. The van der Waals surface area contributed by atoms with Crippen LogP contribution < -0.4 is 9.47 Å². The van der Waals surface area contributed by atoms with Crippen molar-refractivity contribution in [3.8, 4) is 5.75 Å². The molecule has 0 atom stereocenters. The molecule has 14 heavy (non-hydrogen) atoms. The minimum absolute atomic E-state index is 0.607. The number of aryl methyl sites for hydroxylation is 1. The van der Waals surface area contributed by atoms with E-state index in [1.54, 1.807) is 26.2 Å². The van der Waals surface area contributed by atoms with Crippen LogP contribution in [0.15, 0.2) is 18.3 Å². The van der Waals surface area contributed by atoms with Crippen LogP contribution in [0.25, 0.3) is 0 Å². The third-order valence-corrected chi connectivity index (χ3v) is 1.83. The van der Waals surface area contributed by atoms with E-state index in [0.717, 1.165) is 16.9 Å². The van der Waals surface area contributed by atoms with Crippen LogP contribution in [0.4, 0.5) is 0 Å². The number of pyridine rings is 1. The minimum Gasteiger partial charge on any atom is -0.619 e. The van der Waals surface area contributed by atoms with Gasteiger partial charge in [-0.3, -0.25) is 0 Å². The van der Waals surface area contributed by atoms with Crippen molar-refractivity contribution < 1.29 is 14.2 Å². The molecule has 1 rings (SSSR count). The van der Waals surface area contributed by atoms with E-state index in [-0.39, 0.29) is 0 Å². The summed E-state index contributed by atoms with van der Waals surface area (Å²) < 4.78 is 11.1. The molecule has 0 bridgehead atoms. The molecular weight excluding hydrogens is 182 g/mol. The first-order valence-electron chi connectivity index (χ1n) is 4.55. The second-order valence-corrected chi connectivity index (χ2v) is 3.02. The zero-order chi connectivity index (χ0) is 10.4. The largest absolute Gasteiger partial charge is 0.619 e. The summed E-state index contributed by atoms with van der Waals surface area (Å²) in [7, 11) is 1.66. The Kier molecular flexibility index (Phi) is 4.19. The fourth-order valence-electron chi connectivity index (χ4n) is 1.06. The Balaban J connectivity index is 2.39. The highest BCUT2D eigenvalue weighted by Gasteiger charge is 2.01. The number of hydrogen-bond donors (Lipinski definition) is 0. The average molecular weight is 197 g/mol. The standard InChI is InChI=1S/C10H15NO3/c1-9-8-10(4-5-11(9)12)14-7-3-6-13-2/h4-5,8H,3,6-7H2,1-2H3. The Morgan fingerprint density at radius 3 is 2.86 bits per heavy atom. The summed E-state index contributed by atoms with van der Waals surface area (Å²) in [6, 6.07) is 3.38. The van der Waals surface area contributed by atoms with Gasteiger partial charge in [0.15, 0.2) is 11.9 Å². The Labute approximate surface area is 83.7 Å². The molecule has 78 valence electrons. The Morgan fingerprint density at radius 1 is 1.43 bits per heavy atom. The third-order valence-electron chi connectivity index (χ3n) is 1.83. The lowest BCUT2D eigenvalue weighted by molar-refractivity contribution is -0.612. The van der Waals surface area contributed by atoms with Gasteiger partial charge in [0.05, 0.1) is 6.61 Å². The zero-order valence-electron chi connectivity index (χ0n) is 8.53. The molecule has 0 aliphatic carbocycles. The molecule has 0 spiro atoms.